The Morgan fingerprint density at radius 1 is 1.06 bits per heavy atom. The Labute approximate surface area is 184 Å². The summed E-state index contributed by atoms with van der Waals surface area (Å²) in [5.41, 5.74) is 5.62. The molecule has 5 nitrogen and oxygen atoms in total. The number of hydrogen-bond donors (Lipinski definition) is 0. The third kappa shape index (κ3) is 3.60. The Kier molecular flexibility index (Phi) is 6.03. The molecule has 0 fully saturated rings. The Bertz CT molecular complexity index is 957. The molecule has 0 aromatic heterocycles. The van der Waals surface area contributed by atoms with E-state index in [9.17, 15) is 9.59 Å². The lowest BCUT2D eigenvalue weighted by Gasteiger charge is -2.42. The minimum Gasteiger partial charge on any atom is -0.493 e. The first kappa shape index (κ1) is 21.4. The molecule has 0 unspecified atom stereocenters. The van der Waals surface area contributed by atoms with Crippen LogP contribution in [0.25, 0.3) is 0 Å². The van der Waals surface area contributed by atoms with Gasteiger partial charge in [-0.05, 0) is 50.7 Å². The van der Waals surface area contributed by atoms with Crippen LogP contribution in [0.4, 0.5) is 0 Å². The monoisotopic (exact) mass is 421 g/mol. The number of allylic oxidation sites excluding steroid dienone is 5. The average molecular weight is 422 g/mol. The van der Waals surface area contributed by atoms with E-state index in [1.165, 1.54) is 0 Å². The summed E-state index contributed by atoms with van der Waals surface area (Å²) in [5, 5.41) is 0. The standard InChI is InChI=1S/C26H31NO4/c1-5-9-16-14-17(15-22(30-4)26(16)31-6-2)23-24-18(10-7-12-20(24)28)27(3)19-11-8-13-21(29)25(19)23/h5,14-15,23H,1,6-13H2,2-4H3. The van der Waals surface area contributed by atoms with Crippen molar-refractivity contribution in [2.75, 3.05) is 20.8 Å². The fraction of sp³-hybridized carbons (Fsp3) is 0.462. The van der Waals surface area contributed by atoms with Crippen LogP contribution in [0.5, 0.6) is 11.5 Å². The van der Waals surface area contributed by atoms with E-state index in [-0.39, 0.29) is 17.5 Å². The van der Waals surface area contributed by atoms with Crippen molar-refractivity contribution in [1.82, 2.24) is 4.90 Å². The molecule has 0 spiro atoms. The molecule has 0 saturated carbocycles. The van der Waals surface area contributed by atoms with Crippen molar-refractivity contribution in [3.05, 3.63) is 58.5 Å². The van der Waals surface area contributed by atoms with Crippen LogP contribution in [-0.2, 0) is 16.0 Å². The highest BCUT2D eigenvalue weighted by atomic mass is 16.5. The van der Waals surface area contributed by atoms with Gasteiger partial charge < -0.3 is 14.4 Å². The molecule has 5 heteroatoms. The molecule has 1 aliphatic heterocycles. The number of Topliss-reactive ketones (excluding diaryl/α,β-unsaturated/α-hetero) is 2. The molecule has 3 aliphatic rings. The normalized spacial score (nSPS) is 19.4. The Balaban J connectivity index is 1.97. The van der Waals surface area contributed by atoms with Crippen LogP contribution in [0.2, 0.25) is 0 Å². The number of ether oxygens (including phenoxy) is 2. The quantitative estimate of drug-likeness (QED) is 0.614. The van der Waals surface area contributed by atoms with E-state index in [0.717, 1.165) is 59.4 Å². The van der Waals surface area contributed by atoms with Gasteiger partial charge in [-0.2, -0.15) is 0 Å². The Hall–Kier alpha value is -2.82. The highest BCUT2D eigenvalue weighted by Gasteiger charge is 2.42. The first-order chi connectivity index (χ1) is 15.0. The first-order valence-corrected chi connectivity index (χ1v) is 11.2. The number of carbonyl (C=O) groups is 2. The van der Waals surface area contributed by atoms with Crippen LogP contribution < -0.4 is 9.47 Å². The van der Waals surface area contributed by atoms with Gasteiger partial charge in [-0.3, -0.25) is 9.59 Å². The molecule has 31 heavy (non-hydrogen) atoms. The number of rotatable bonds is 6. The molecule has 0 bridgehead atoms. The average Bonchev–Trinajstić information content (AvgIpc) is 2.76. The molecular weight excluding hydrogens is 390 g/mol. The van der Waals surface area contributed by atoms with Gasteiger partial charge in [0, 0.05) is 53.9 Å². The van der Waals surface area contributed by atoms with Crippen molar-refractivity contribution in [2.24, 2.45) is 0 Å². The molecule has 164 valence electrons. The van der Waals surface area contributed by atoms with Crippen LogP contribution in [-0.4, -0.2) is 37.2 Å². The van der Waals surface area contributed by atoms with Gasteiger partial charge in [0.05, 0.1) is 13.7 Å². The molecule has 1 heterocycles. The van der Waals surface area contributed by atoms with Crippen molar-refractivity contribution < 1.29 is 19.1 Å². The van der Waals surface area contributed by atoms with Crippen LogP contribution in [0, 0.1) is 0 Å². The minimum absolute atomic E-state index is 0.154. The van der Waals surface area contributed by atoms with E-state index in [0.29, 0.717) is 37.4 Å². The molecule has 0 amide bonds. The van der Waals surface area contributed by atoms with Gasteiger partial charge in [-0.25, -0.2) is 0 Å². The fourth-order valence-electron chi connectivity index (χ4n) is 5.30. The third-order valence-corrected chi connectivity index (χ3v) is 6.60. The highest BCUT2D eigenvalue weighted by Crippen LogP contribution is 2.50. The van der Waals surface area contributed by atoms with Gasteiger partial charge in [-0.1, -0.05) is 12.1 Å². The van der Waals surface area contributed by atoms with E-state index in [2.05, 4.69) is 17.5 Å². The largest absolute Gasteiger partial charge is 0.493 e. The van der Waals surface area contributed by atoms with Crippen molar-refractivity contribution in [2.45, 2.75) is 57.8 Å². The number of carbonyl (C=O) groups excluding carboxylic acids is 2. The summed E-state index contributed by atoms with van der Waals surface area (Å²) >= 11 is 0. The van der Waals surface area contributed by atoms with E-state index in [4.69, 9.17) is 9.47 Å². The molecule has 0 radical (unpaired) electrons. The summed E-state index contributed by atoms with van der Waals surface area (Å²) in [4.78, 5) is 28.5. The molecule has 0 N–H and O–H groups in total. The molecule has 1 aromatic carbocycles. The summed E-state index contributed by atoms with van der Waals surface area (Å²) in [7, 11) is 3.64. The lowest BCUT2D eigenvalue weighted by Crippen LogP contribution is -2.37. The second kappa shape index (κ2) is 8.74. The van der Waals surface area contributed by atoms with Crippen LogP contribution in [0.15, 0.2) is 47.3 Å². The van der Waals surface area contributed by atoms with Crippen molar-refractivity contribution >= 4 is 11.6 Å². The third-order valence-electron chi connectivity index (χ3n) is 6.60. The predicted octanol–water partition coefficient (Wildman–Crippen LogP) is 4.87. The number of methoxy groups -OCH3 is 1. The number of benzene rings is 1. The number of nitrogens with zero attached hydrogens (tertiary/aromatic N) is 1. The van der Waals surface area contributed by atoms with Gasteiger partial charge in [0.1, 0.15) is 0 Å². The predicted molar refractivity (Wildman–Crippen MR) is 120 cm³/mol. The Morgan fingerprint density at radius 2 is 1.68 bits per heavy atom. The van der Waals surface area contributed by atoms with Crippen LogP contribution >= 0.6 is 0 Å². The van der Waals surface area contributed by atoms with E-state index in [1.54, 1.807) is 7.11 Å². The smallest absolute Gasteiger partial charge is 0.164 e. The van der Waals surface area contributed by atoms with Gasteiger partial charge in [0.2, 0.25) is 0 Å². The lowest BCUT2D eigenvalue weighted by molar-refractivity contribution is -0.117. The maximum atomic E-state index is 13.2. The summed E-state index contributed by atoms with van der Waals surface area (Å²) in [5.74, 6) is 1.30. The van der Waals surface area contributed by atoms with Gasteiger partial charge >= 0.3 is 0 Å². The lowest BCUT2D eigenvalue weighted by atomic mass is 9.71. The zero-order valence-electron chi connectivity index (χ0n) is 18.8. The van der Waals surface area contributed by atoms with Gasteiger partial charge in [-0.15, -0.1) is 6.58 Å². The molecule has 1 aromatic rings. The maximum Gasteiger partial charge on any atom is 0.164 e. The van der Waals surface area contributed by atoms with E-state index >= 15 is 0 Å². The number of hydrogen-bond acceptors (Lipinski definition) is 5. The zero-order valence-corrected chi connectivity index (χ0v) is 18.8. The maximum absolute atomic E-state index is 13.2. The second-order valence-corrected chi connectivity index (χ2v) is 8.40. The topological polar surface area (TPSA) is 55.8 Å². The van der Waals surface area contributed by atoms with Crippen LogP contribution in [0.1, 0.15) is 62.5 Å². The SMILES string of the molecule is C=CCc1cc(C2C3=C(CCCC3=O)N(C)C3=C2C(=O)CCC3)cc(OC)c1OCC. The van der Waals surface area contributed by atoms with Crippen molar-refractivity contribution in [3.63, 3.8) is 0 Å². The van der Waals surface area contributed by atoms with Crippen molar-refractivity contribution in [1.29, 1.82) is 0 Å². The summed E-state index contributed by atoms with van der Waals surface area (Å²) in [6.07, 6.45) is 6.98. The minimum atomic E-state index is -0.338. The highest BCUT2D eigenvalue weighted by molar-refractivity contribution is 6.06. The number of ketones is 2. The molecule has 2 aliphatic carbocycles. The second-order valence-electron chi connectivity index (χ2n) is 8.40. The van der Waals surface area contributed by atoms with E-state index in [1.807, 2.05) is 26.1 Å². The zero-order chi connectivity index (χ0) is 22.1. The van der Waals surface area contributed by atoms with Crippen LogP contribution in [0.3, 0.4) is 0 Å². The summed E-state index contributed by atoms with van der Waals surface area (Å²) in [6, 6.07) is 4.02. The van der Waals surface area contributed by atoms with Crippen molar-refractivity contribution in [3.8, 4) is 11.5 Å². The molecule has 0 saturated heterocycles. The molecule has 0 atom stereocenters. The summed E-state index contributed by atoms with van der Waals surface area (Å²) in [6.45, 7) is 6.36. The molecular formula is C26H31NO4. The van der Waals surface area contributed by atoms with Gasteiger partial charge in [0.15, 0.2) is 23.1 Å². The fourth-order valence-corrected chi connectivity index (χ4v) is 5.30. The summed E-state index contributed by atoms with van der Waals surface area (Å²) < 4.78 is 11.6. The first-order valence-electron chi connectivity index (χ1n) is 11.2. The Morgan fingerprint density at radius 3 is 2.19 bits per heavy atom. The van der Waals surface area contributed by atoms with Gasteiger partial charge in [0.25, 0.3) is 0 Å². The van der Waals surface area contributed by atoms with E-state index < -0.39 is 0 Å². The molecule has 4 rings (SSSR count).